The van der Waals surface area contributed by atoms with E-state index < -0.39 is 48.4 Å². The smallest absolute Gasteiger partial charge is 0.326 e. The predicted molar refractivity (Wildman–Crippen MR) is 140 cm³/mol. The average molecular weight is 530 g/mol. The number of benzene rings is 1. The van der Waals surface area contributed by atoms with Gasteiger partial charge in [0.1, 0.15) is 12.1 Å². The van der Waals surface area contributed by atoms with Gasteiger partial charge in [-0.15, -0.1) is 0 Å². The van der Waals surface area contributed by atoms with Gasteiger partial charge in [-0.1, -0.05) is 18.2 Å². The number of H-pyrrole nitrogens is 2. The topological polar surface area (TPSA) is 195 Å². The van der Waals surface area contributed by atoms with E-state index in [9.17, 15) is 24.3 Å². The first-order valence-corrected chi connectivity index (χ1v) is 13.0. The number of aromatic amines is 2. The van der Waals surface area contributed by atoms with Crippen molar-refractivity contribution in [2.24, 2.45) is 5.73 Å². The van der Waals surface area contributed by atoms with E-state index in [-0.39, 0.29) is 19.3 Å². The van der Waals surface area contributed by atoms with E-state index in [1.807, 2.05) is 30.5 Å². The number of hydrogen-bond acceptors (Lipinski definition) is 7. The lowest BCUT2D eigenvalue weighted by molar-refractivity contribution is -0.142. The molecule has 3 aromatic rings. The summed E-state index contributed by atoms with van der Waals surface area (Å²) in [5.74, 6) is -2.39. The summed E-state index contributed by atoms with van der Waals surface area (Å²) in [7, 11) is 0. The summed E-state index contributed by atoms with van der Waals surface area (Å²) in [6.45, 7) is -0.401. The number of nitrogens with zero attached hydrogens (tertiary/aromatic N) is 1. The summed E-state index contributed by atoms with van der Waals surface area (Å²) < 4.78 is 0. The van der Waals surface area contributed by atoms with Crippen molar-refractivity contribution in [1.29, 1.82) is 0 Å². The minimum absolute atomic E-state index is 0.115. The first kappa shape index (κ1) is 27.7. The van der Waals surface area contributed by atoms with Crippen molar-refractivity contribution in [3.63, 3.8) is 0 Å². The Balaban J connectivity index is 1.67. The number of fused-ring (bicyclic) bond motifs is 1. The van der Waals surface area contributed by atoms with Crippen LogP contribution in [0.4, 0.5) is 0 Å². The molecule has 0 spiro atoms. The molecular weight excluding hydrogens is 498 g/mol. The minimum Gasteiger partial charge on any atom is -0.480 e. The molecule has 2 aromatic heterocycles. The maximum atomic E-state index is 13.1. The van der Waals surface area contributed by atoms with Crippen molar-refractivity contribution in [3.05, 3.63) is 54.2 Å². The Morgan fingerprint density at radius 1 is 1.08 bits per heavy atom. The standard InChI is InChI=1S/C24H31N7O5S/c1-37-7-6-19(24(35)36)31-23(34)20(8-14-10-27-18-5-3-2-4-16(14)18)30-21(32)12-28-22(33)17(25)9-15-11-26-13-29-15/h2-5,10-11,13,17,19-20,27H,6-9,12,25H2,1H3,(H,26,29)(H,28,33)(H,30,32)(H,31,34)(H,35,36). The Bertz CT molecular complexity index is 1210. The molecule has 0 radical (unpaired) electrons. The second-order valence-electron chi connectivity index (χ2n) is 8.47. The normalized spacial score (nSPS) is 13.5. The SMILES string of the molecule is CSCCC(NC(=O)C(Cc1c[nH]c2ccccc12)NC(=O)CNC(=O)C(N)Cc1cnc[nH]1)C(=O)O. The molecule has 3 unspecified atom stereocenters. The molecule has 3 amide bonds. The predicted octanol–water partition coefficient (Wildman–Crippen LogP) is -0.0730. The van der Waals surface area contributed by atoms with Crippen molar-refractivity contribution in [2.75, 3.05) is 18.6 Å². The molecule has 3 rings (SSSR count). The molecule has 0 aliphatic heterocycles. The van der Waals surface area contributed by atoms with Gasteiger partial charge in [-0.2, -0.15) is 11.8 Å². The van der Waals surface area contributed by atoms with Crippen LogP contribution in [0.3, 0.4) is 0 Å². The third-order valence-corrected chi connectivity index (χ3v) is 6.37. The summed E-state index contributed by atoms with van der Waals surface area (Å²) in [6, 6.07) is 4.44. The first-order valence-electron chi connectivity index (χ1n) is 11.7. The van der Waals surface area contributed by atoms with Gasteiger partial charge in [-0.3, -0.25) is 14.4 Å². The fourth-order valence-corrected chi connectivity index (χ4v) is 4.24. The number of rotatable bonds is 14. The number of imidazole rings is 1. The van der Waals surface area contributed by atoms with Crippen molar-refractivity contribution in [1.82, 2.24) is 30.9 Å². The van der Waals surface area contributed by atoms with Crippen LogP contribution in [0.5, 0.6) is 0 Å². The molecule has 0 saturated heterocycles. The highest BCUT2D eigenvalue weighted by Gasteiger charge is 2.27. The second kappa shape index (κ2) is 13.5. The number of carbonyl (C=O) groups is 4. The van der Waals surface area contributed by atoms with Gasteiger partial charge < -0.3 is 36.8 Å². The molecule has 12 nitrogen and oxygen atoms in total. The van der Waals surface area contributed by atoms with Gasteiger partial charge in [0.25, 0.3) is 0 Å². The number of para-hydroxylation sites is 1. The summed E-state index contributed by atoms with van der Waals surface area (Å²) in [4.78, 5) is 59.6. The minimum atomic E-state index is -1.15. The monoisotopic (exact) mass is 529 g/mol. The van der Waals surface area contributed by atoms with Gasteiger partial charge in [0.2, 0.25) is 17.7 Å². The molecule has 13 heteroatoms. The summed E-state index contributed by atoms with van der Waals surface area (Å²) in [5.41, 5.74) is 8.21. The van der Waals surface area contributed by atoms with E-state index in [4.69, 9.17) is 5.73 Å². The van der Waals surface area contributed by atoms with Gasteiger partial charge in [0.15, 0.2) is 0 Å². The number of amides is 3. The van der Waals surface area contributed by atoms with Crippen LogP contribution in [0.1, 0.15) is 17.7 Å². The van der Waals surface area contributed by atoms with E-state index in [1.165, 1.54) is 18.1 Å². The fourth-order valence-electron chi connectivity index (χ4n) is 3.76. The fraction of sp³-hybridized carbons (Fsp3) is 0.375. The van der Waals surface area contributed by atoms with Crippen molar-refractivity contribution in [2.45, 2.75) is 37.4 Å². The van der Waals surface area contributed by atoms with Crippen LogP contribution < -0.4 is 21.7 Å². The first-order chi connectivity index (χ1) is 17.8. The third kappa shape index (κ3) is 8.08. The average Bonchev–Trinajstić information content (AvgIpc) is 3.54. The molecule has 0 fully saturated rings. The highest BCUT2D eigenvalue weighted by Crippen LogP contribution is 2.19. The van der Waals surface area contributed by atoms with Crippen LogP contribution in [0.15, 0.2) is 43.0 Å². The third-order valence-electron chi connectivity index (χ3n) is 5.73. The second-order valence-corrected chi connectivity index (χ2v) is 9.46. The zero-order valence-electron chi connectivity index (χ0n) is 20.3. The van der Waals surface area contributed by atoms with Gasteiger partial charge in [-0.25, -0.2) is 9.78 Å². The van der Waals surface area contributed by atoms with Crippen LogP contribution >= 0.6 is 11.8 Å². The van der Waals surface area contributed by atoms with Crippen molar-refractivity contribution < 1.29 is 24.3 Å². The Hall–Kier alpha value is -3.84. The van der Waals surface area contributed by atoms with Gasteiger partial charge in [0, 0.05) is 41.8 Å². The lowest BCUT2D eigenvalue weighted by atomic mass is 10.0. The van der Waals surface area contributed by atoms with E-state index in [0.717, 1.165) is 16.5 Å². The lowest BCUT2D eigenvalue weighted by Crippen LogP contribution is -2.54. The quantitative estimate of drug-likeness (QED) is 0.151. The molecule has 198 valence electrons. The van der Waals surface area contributed by atoms with Crippen molar-refractivity contribution >= 4 is 46.4 Å². The number of aliphatic carboxylic acids is 1. The summed E-state index contributed by atoms with van der Waals surface area (Å²) >= 11 is 1.47. The highest BCUT2D eigenvalue weighted by atomic mass is 32.2. The number of carbonyl (C=O) groups excluding carboxylic acids is 3. The largest absolute Gasteiger partial charge is 0.480 e. The summed E-state index contributed by atoms with van der Waals surface area (Å²) in [6.07, 6.45) is 7.18. The lowest BCUT2D eigenvalue weighted by Gasteiger charge is -2.22. The van der Waals surface area contributed by atoms with Crippen LogP contribution in [0, 0.1) is 0 Å². The van der Waals surface area contributed by atoms with E-state index in [0.29, 0.717) is 11.4 Å². The van der Waals surface area contributed by atoms with E-state index in [2.05, 4.69) is 30.9 Å². The van der Waals surface area contributed by atoms with Gasteiger partial charge >= 0.3 is 5.97 Å². The highest BCUT2D eigenvalue weighted by molar-refractivity contribution is 7.98. The van der Waals surface area contributed by atoms with Crippen LogP contribution in [0.2, 0.25) is 0 Å². The Morgan fingerprint density at radius 2 is 1.86 bits per heavy atom. The number of nitrogens with two attached hydrogens (primary N) is 1. The summed E-state index contributed by atoms with van der Waals surface area (Å²) in [5, 5.41) is 18.0. The maximum Gasteiger partial charge on any atom is 0.326 e. The molecule has 0 aliphatic carbocycles. The molecule has 0 saturated carbocycles. The Kier molecular flexibility index (Phi) is 10.1. The number of thioether (sulfide) groups is 1. The molecule has 1 aromatic carbocycles. The molecule has 37 heavy (non-hydrogen) atoms. The van der Waals surface area contributed by atoms with Crippen LogP contribution in [-0.2, 0) is 32.0 Å². The number of carboxylic acid groups (broad SMARTS) is 1. The molecular formula is C24H31N7O5S. The van der Waals surface area contributed by atoms with Gasteiger partial charge in [0.05, 0.1) is 18.9 Å². The molecule has 0 bridgehead atoms. The number of nitrogens with one attached hydrogen (secondary N) is 5. The number of aromatic nitrogens is 3. The zero-order chi connectivity index (χ0) is 26.8. The maximum absolute atomic E-state index is 13.1. The molecule has 3 atom stereocenters. The Labute approximate surface area is 217 Å². The van der Waals surface area contributed by atoms with E-state index in [1.54, 1.807) is 12.4 Å². The van der Waals surface area contributed by atoms with E-state index >= 15 is 0 Å². The molecule has 2 heterocycles. The van der Waals surface area contributed by atoms with Crippen LogP contribution in [0.25, 0.3) is 10.9 Å². The Morgan fingerprint density at radius 3 is 2.57 bits per heavy atom. The molecule has 0 aliphatic rings. The number of carboxylic acids is 1. The van der Waals surface area contributed by atoms with Crippen LogP contribution in [-0.4, -0.2) is 80.4 Å². The van der Waals surface area contributed by atoms with Crippen molar-refractivity contribution in [3.8, 4) is 0 Å². The molecule has 8 N–H and O–H groups in total. The van der Waals surface area contributed by atoms with Gasteiger partial charge in [-0.05, 0) is 30.1 Å². The number of hydrogen-bond donors (Lipinski definition) is 7. The zero-order valence-corrected chi connectivity index (χ0v) is 21.1.